The Morgan fingerprint density at radius 2 is 1.89 bits per heavy atom. The molecular formula is C26H32N8O. The summed E-state index contributed by atoms with van der Waals surface area (Å²) < 4.78 is 1.55. The Balaban J connectivity index is 0.997. The van der Waals surface area contributed by atoms with E-state index in [-0.39, 0.29) is 6.03 Å². The van der Waals surface area contributed by atoms with E-state index in [4.69, 9.17) is 5.73 Å². The van der Waals surface area contributed by atoms with Crippen LogP contribution in [0.4, 0.5) is 16.6 Å². The first kappa shape index (κ1) is 22.0. The Morgan fingerprint density at radius 3 is 2.69 bits per heavy atom. The molecule has 9 nitrogen and oxygen atoms in total. The number of benzene rings is 1. The zero-order valence-electron chi connectivity index (χ0n) is 20.0. The Hall–Kier alpha value is -3.46. The smallest absolute Gasteiger partial charge is 0.329 e. The summed E-state index contributed by atoms with van der Waals surface area (Å²) in [5, 5.41) is 0. The van der Waals surface area contributed by atoms with Crippen LogP contribution >= 0.6 is 0 Å². The summed E-state index contributed by atoms with van der Waals surface area (Å²) in [4.78, 5) is 32.4. The number of rotatable bonds is 5. The number of aromatic nitrogens is 4. The SMILES string of the molecule is Nc1nc2c(c(N3CCN(CCCC4CN(C(=O)n5ccnc5)C4)CC3)n1)CCc1ccccc1-2. The molecule has 4 heterocycles. The van der Waals surface area contributed by atoms with Gasteiger partial charge >= 0.3 is 6.03 Å². The van der Waals surface area contributed by atoms with Crippen molar-refractivity contribution in [1.29, 1.82) is 0 Å². The van der Waals surface area contributed by atoms with Gasteiger partial charge in [-0.2, -0.15) is 4.98 Å². The Bertz CT molecular complexity index is 1200. The van der Waals surface area contributed by atoms with Crippen LogP contribution < -0.4 is 10.6 Å². The van der Waals surface area contributed by atoms with Crippen molar-refractivity contribution in [1.82, 2.24) is 29.3 Å². The van der Waals surface area contributed by atoms with E-state index in [9.17, 15) is 4.79 Å². The first-order valence-electron chi connectivity index (χ1n) is 12.6. The number of nitrogens with zero attached hydrogens (tertiary/aromatic N) is 7. The number of hydrogen-bond donors (Lipinski definition) is 1. The fraction of sp³-hybridized carbons (Fsp3) is 0.462. The minimum absolute atomic E-state index is 0.0332. The van der Waals surface area contributed by atoms with Crippen LogP contribution in [0.15, 0.2) is 43.0 Å². The molecule has 0 saturated carbocycles. The highest BCUT2D eigenvalue weighted by molar-refractivity contribution is 5.77. The standard InChI is InChI=1S/C26H32N8O/c27-25-29-23-21-6-2-1-5-20(21)7-8-22(23)24(30-25)32-14-12-31(13-15-32)10-3-4-19-16-34(17-19)26(35)33-11-9-28-18-33/h1-2,5-6,9,11,18-19H,3-4,7-8,10,12-17H2,(H2,27,29,30). The quantitative estimate of drug-likeness (QED) is 0.610. The Labute approximate surface area is 205 Å². The average molecular weight is 473 g/mol. The van der Waals surface area contributed by atoms with E-state index in [0.717, 1.165) is 70.2 Å². The summed E-state index contributed by atoms with van der Waals surface area (Å²) in [6, 6.07) is 8.54. The van der Waals surface area contributed by atoms with Crippen molar-refractivity contribution in [2.45, 2.75) is 25.7 Å². The third-order valence-corrected chi connectivity index (χ3v) is 7.63. The van der Waals surface area contributed by atoms with Gasteiger partial charge in [-0.1, -0.05) is 24.3 Å². The highest BCUT2D eigenvalue weighted by atomic mass is 16.2. The van der Waals surface area contributed by atoms with E-state index in [2.05, 4.69) is 49.0 Å². The predicted octanol–water partition coefficient (Wildman–Crippen LogP) is 2.52. The first-order chi connectivity index (χ1) is 17.2. The van der Waals surface area contributed by atoms with Crippen molar-refractivity contribution in [2.24, 2.45) is 5.92 Å². The molecule has 1 amide bonds. The molecule has 1 aromatic carbocycles. The van der Waals surface area contributed by atoms with Crippen LogP contribution in [0.1, 0.15) is 24.0 Å². The number of carbonyl (C=O) groups is 1. The number of piperazine rings is 1. The van der Waals surface area contributed by atoms with Gasteiger partial charge in [0.05, 0.1) is 5.69 Å². The van der Waals surface area contributed by atoms with Crippen molar-refractivity contribution in [3.8, 4) is 11.3 Å². The maximum Gasteiger partial charge on any atom is 0.329 e. The second kappa shape index (κ2) is 9.30. The van der Waals surface area contributed by atoms with E-state index in [1.807, 2.05) is 4.90 Å². The van der Waals surface area contributed by atoms with Crippen molar-refractivity contribution >= 4 is 17.8 Å². The molecule has 1 aliphatic carbocycles. The van der Waals surface area contributed by atoms with Gasteiger partial charge in [0.15, 0.2) is 0 Å². The normalized spacial score (nSPS) is 18.2. The van der Waals surface area contributed by atoms with Crippen LogP contribution in [0, 0.1) is 5.92 Å². The second-order valence-electron chi connectivity index (χ2n) is 9.88. The molecule has 0 spiro atoms. The third kappa shape index (κ3) is 4.36. The molecule has 2 saturated heterocycles. The monoisotopic (exact) mass is 472 g/mol. The molecule has 182 valence electrons. The van der Waals surface area contributed by atoms with Crippen LogP contribution in [0.2, 0.25) is 0 Å². The zero-order chi connectivity index (χ0) is 23.8. The first-order valence-corrected chi connectivity index (χ1v) is 12.6. The number of carbonyl (C=O) groups excluding carboxylic acids is 1. The zero-order valence-corrected chi connectivity index (χ0v) is 20.0. The van der Waals surface area contributed by atoms with Gasteiger partial charge in [-0.25, -0.2) is 14.8 Å². The molecule has 0 bridgehead atoms. The maximum absolute atomic E-state index is 12.3. The maximum atomic E-state index is 12.3. The summed E-state index contributed by atoms with van der Waals surface area (Å²) >= 11 is 0. The number of nitrogens with two attached hydrogens (primary N) is 1. The van der Waals surface area contributed by atoms with E-state index >= 15 is 0 Å². The van der Waals surface area contributed by atoms with Crippen molar-refractivity contribution in [3.05, 3.63) is 54.1 Å². The predicted molar refractivity (Wildman–Crippen MR) is 135 cm³/mol. The number of anilines is 2. The van der Waals surface area contributed by atoms with E-state index in [1.165, 1.54) is 29.5 Å². The molecule has 35 heavy (non-hydrogen) atoms. The van der Waals surface area contributed by atoms with E-state index in [1.54, 1.807) is 23.3 Å². The molecule has 3 aliphatic rings. The Kier molecular flexibility index (Phi) is 5.85. The van der Waals surface area contributed by atoms with Crippen molar-refractivity contribution in [2.75, 3.05) is 56.4 Å². The topological polar surface area (TPSA) is 96.4 Å². The number of amides is 1. The van der Waals surface area contributed by atoms with Gasteiger partial charge < -0.3 is 15.5 Å². The van der Waals surface area contributed by atoms with Crippen LogP contribution in [0.3, 0.4) is 0 Å². The lowest BCUT2D eigenvalue weighted by Crippen LogP contribution is -2.51. The van der Waals surface area contributed by atoms with Crippen LogP contribution in [-0.4, -0.2) is 81.2 Å². The minimum Gasteiger partial charge on any atom is -0.368 e. The highest BCUT2D eigenvalue weighted by Crippen LogP contribution is 2.37. The highest BCUT2D eigenvalue weighted by Gasteiger charge is 2.31. The average Bonchev–Trinajstić information content (AvgIpc) is 3.40. The number of nitrogen functional groups attached to an aromatic ring is 1. The molecule has 2 fully saturated rings. The number of imidazole rings is 1. The number of fused-ring (bicyclic) bond motifs is 3. The van der Waals surface area contributed by atoms with Crippen LogP contribution in [-0.2, 0) is 12.8 Å². The summed E-state index contributed by atoms with van der Waals surface area (Å²) in [5.41, 5.74) is 10.9. The van der Waals surface area contributed by atoms with Crippen molar-refractivity contribution in [3.63, 3.8) is 0 Å². The molecule has 0 atom stereocenters. The summed E-state index contributed by atoms with van der Waals surface area (Å²) in [7, 11) is 0. The lowest BCUT2D eigenvalue weighted by atomic mass is 9.89. The largest absolute Gasteiger partial charge is 0.368 e. The molecular weight excluding hydrogens is 440 g/mol. The van der Waals surface area contributed by atoms with Gasteiger partial charge in [-0.15, -0.1) is 0 Å². The number of likely N-dealkylation sites (tertiary alicyclic amines) is 1. The minimum atomic E-state index is 0.0332. The van der Waals surface area contributed by atoms with Gasteiger partial charge in [-0.3, -0.25) is 9.47 Å². The molecule has 0 unspecified atom stereocenters. The molecule has 6 rings (SSSR count). The summed E-state index contributed by atoms with van der Waals surface area (Å²) in [6.07, 6.45) is 9.25. The van der Waals surface area contributed by atoms with Gasteiger partial charge in [0, 0.05) is 62.8 Å². The number of aryl methyl sites for hydroxylation is 1. The van der Waals surface area contributed by atoms with Gasteiger partial charge in [0.2, 0.25) is 5.95 Å². The molecule has 3 aromatic rings. The number of hydrogen-bond acceptors (Lipinski definition) is 7. The van der Waals surface area contributed by atoms with E-state index in [0.29, 0.717) is 11.9 Å². The van der Waals surface area contributed by atoms with Crippen molar-refractivity contribution < 1.29 is 4.79 Å². The lowest BCUT2D eigenvalue weighted by Gasteiger charge is -2.40. The van der Waals surface area contributed by atoms with Crippen LogP contribution in [0.25, 0.3) is 11.3 Å². The molecule has 2 aromatic heterocycles. The fourth-order valence-corrected chi connectivity index (χ4v) is 5.66. The summed E-state index contributed by atoms with van der Waals surface area (Å²) in [5.74, 6) is 2.00. The van der Waals surface area contributed by atoms with Gasteiger partial charge in [0.1, 0.15) is 12.1 Å². The third-order valence-electron chi connectivity index (χ3n) is 7.63. The van der Waals surface area contributed by atoms with Gasteiger partial charge in [-0.05, 0) is 43.7 Å². The lowest BCUT2D eigenvalue weighted by molar-refractivity contribution is 0.112. The van der Waals surface area contributed by atoms with Crippen LogP contribution in [0.5, 0.6) is 0 Å². The fourth-order valence-electron chi connectivity index (χ4n) is 5.66. The Morgan fingerprint density at radius 1 is 1.06 bits per heavy atom. The second-order valence-corrected chi connectivity index (χ2v) is 9.88. The summed E-state index contributed by atoms with van der Waals surface area (Å²) in [6.45, 7) is 6.80. The molecule has 0 radical (unpaired) electrons. The molecule has 9 heteroatoms. The van der Waals surface area contributed by atoms with Gasteiger partial charge in [0.25, 0.3) is 0 Å². The van der Waals surface area contributed by atoms with E-state index < -0.39 is 0 Å². The molecule has 2 aliphatic heterocycles. The molecule has 2 N–H and O–H groups in total.